The topological polar surface area (TPSA) is 113 Å². The molecule has 9 nitrogen and oxygen atoms in total. The Bertz CT molecular complexity index is 661. The Morgan fingerprint density at radius 2 is 2.05 bits per heavy atom. The maximum absolute atomic E-state index is 12.5. The quantitative estimate of drug-likeness (QED) is 0.726. The van der Waals surface area contributed by atoms with E-state index in [1.165, 1.54) is 14.0 Å². The molecule has 22 heavy (non-hydrogen) atoms. The van der Waals surface area contributed by atoms with Gasteiger partial charge in [-0.1, -0.05) is 5.16 Å². The number of nitrogens with one attached hydrogen (secondary N) is 1. The average molecular weight is 330 g/mol. The molecule has 1 N–H and O–H groups in total. The lowest BCUT2D eigenvalue weighted by Gasteiger charge is -2.18. The van der Waals surface area contributed by atoms with Gasteiger partial charge in [0.25, 0.3) is 0 Å². The molecule has 122 valence electrons. The predicted molar refractivity (Wildman–Crippen MR) is 75.5 cm³/mol. The Morgan fingerprint density at radius 1 is 1.36 bits per heavy atom. The maximum atomic E-state index is 12.5. The molecule has 0 bridgehead atoms. The lowest BCUT2D eigenvalue weighted by molar-refractivity contribution is -0.125. The Morgan fingerprint density at radius 3 is 2.55 bits per heavy atom. The first-order chi connectivity index (χ1) is 10.2. The molecule has 0 radical (unpaired) electrons. The summed E-state index contributed by atoms with van der Waals surface area (Å²) in [5, 5.41) is 6.05. The standard InChI is InChI=1S/C12H18N4O5S/c1-8-11(9(2)21-14-8)22(19,20)15(3)5-4-6-16-10(17)7-13-12(16)18/h4-7H2,1-3H3,(H,13,18). The molecule has 1 aliphatic rings. The Balaban J connectivity index is 1.99. The molecule has 0 atom stereocenters. The van der Waals surface area contributed by atoms with E-state index in [0.717, 1.165) is 9.21 Å². The van der Waals surface area contributed by atoms with Crippen LogP contribution in [0.15, 0.2) is 9.42 Å². The average Bonchev–Trinajstić information content (AvgIpc) is 2.94. The molecule has 1 aromatic rings. The van der Waals surface area contributed by atoms with Crippen LogP contribution in [0.5, 0.6) is 0 Å². The number of imide groups is 1. The van der Waals surface area contributed by atoms with Crippen LogP contribution in [0.25, 0.3) is 0 Å². The number of carbonyl (C=O) groups is 2. The molecule has 1 aliphatic heterocycles. The van der Waals surface area contributed by atoms with E-state index in [2.05, 4.69) is 10.5 Å². The lowest BCUT2D eigenvalue weighted by atomic mass is 10.4. The van der Waals surface area contributed by atoms with Crippen LogP contribution in [0.4, 0.5) is 4.79 Å². The Kier molecular flexibility index (Phi) is 4.52. The van der Waals surface area contributed by atoms with Crippen molar-refractivity contribution in [3.05, 3.63) is 11.5 Å². The third-order valence-corrected chi connectivity index (χ3v) is 5.53. The summed E-state index contributed by atoms with van der Waals surface area (Å²) in [7, 11) is -2.27. The highest BCUT2D eigenvalue weighted by molar-refractivity contribution is 7.89. The van der Waals surface area contributed by atoms with Gasteiger partial charge in [-0.25, -0.2) is 17.5 Å². The molecule has 0 aliphatic carbocycles. The number of rotatable bonds is 6. The number of urea groups is 1. The summed E-state index contributed by atoms with van der Waals surface area (Å²) in [5.74, 6) is -0.0697. The zero-order valence-electron chi connectivity index (χ0n) is 12.6. The van der Waals surface area contributed by atoms with Crippen molar-refractivity contribution in [3.63, 3.8) is 0 Å². The maximum Gasteiger partial charge on any atom is 0.324 e. The van der Waals surface area contributed by atoms with Crippen LogP contribution in [-0.4, -0.2) is 61.4 Å². The molecule has 1 fully saturated rings. The molecule has 1 aromatic heterocycles. The van der Waals surface area contributed by atoms with Crippen LogP contribution < -0.4 is 5.32 Å². The number of amides is 3. The summed E-state index contributed by atoms with van der Waals surface area (Å²) >= 11 is 0. The van der Waals surface area contributed by atoms with E-state index in [4.69, 9.17) is 4.52 Å². The van der Waals surface area contributed by atoms with Crippen LogP contribution >= 0.6 is 0 Å². The minimum absolute atomic E-state index is 0.00789. The SMILES string of the molecule is Cc1noc(C)c1S(=O)(=O)N(C)CCCN1C(=O)CNC1=O. The monoisotopic (exact) mass is 330 g/mol. The van der Waals surface area contributed by atoms with Gasteiger partial charge in [-0.05, 0) is 20.3 Å². The highest BCUT2D eigenvalue weighted by Gasteiger charge is 2.30. The van der Waals surface area contributed by atoms with E-state index in [9.17, 15) is 18.0 Å². The molecular weight excluding hydrogens is 312 g/mol. The van der Waals surface area contributed by atoms with E-state index in [1.807, 2.05) is 0 Å². The summed E-state index contributed by atoms with van der Waals surface area (Å²) in [5.41, 5.74) is 0.304. The predicted octanol–water partition coefficient (Wildman–Crippen LogP) is -0.146. The minimum Gasteiger partial charge on any atom is -0.360 e. The van der Waals surface area contributed by atoms with Gasteiger partial charge >= 0.3 is 6.03 Å². The lowest BCUT2D eigenvalue weighted by Crippen LogP contribution is -2.35. The largest absolute Gasteiger partial charge is 0.360 e. The van der Waals surface area contributed by atoms with Crippen molar-refractivity contribution in [1.82, 2.24) is 19.7 Å². The zero-order chi connectivity index (χ0) is 16.5. The normalized spacial score (nSPS) is 15.7. The molecule has 0 saturated carbocycles. The van der Waals surface area contributed by atoms with E-state index in [-0.39, 0.29) is 36.2 Å². The Labute approximate surface area is 128 Å². The fraction of sp³-hybridized carbons (Fsp3) is 0.583. The molecule has 2 rings (SSSR count). The van der Waals surface area contributed by atoms with E-state index in [1.54, 1.807) is 6.92 Å². The summed E-state index contributed by atoms with van der Waals surface area (Å²) in [6.07, 6.45) is 0.346. The van der Waals surface area contributed by atoms with Gasteiger partial charge in [-0.15, -0.1) is 0 Å². The van der Waals surface area contributed by atoms with Gasteiger partial charge in [0.15, 0.2) is 5.76 Å². The fourth-order valence-electron chi connectivity index (χ4n) is 2.25. The van der Waals surface area contributed by atoms with Crippen LogP contribution in [0.3, 0.4) is 0 Å². The van der Waals surface area contributed by atoms with Crippen LogP contribution in [0.2, 0.25) is 0 Å². The van der Waals surface area contributed by atoms with Crippen molar-refractivity contribution in [1.29, 1.82) is 0 Å². The van der Waals surface area contributed by atoms with Crippen molar-refractivity contribution in [2.45, 2.75) is 25.2 Å². The highest BCUT2D eigenvalue weighted by atomic mass is 32.2. The Hall–Kier alpha value is -1.94. The number of hydrogen-bond donors (Lipinski definition) is 1. The molecular formula is C12H18N4O5S. The van der Waals surface area contributed by atoms with Crippen LogP contribution in [0.1, 0.15) is 17.9 Å². The summed E-state index contributed by atoms with van der Waals surface area (Å²) in [6, 6.07) is -0.443. The van der Waals surface area contributed by atoms with Crippen molar-refractivity contribution < 1.29 is 22.5 Å². The fourth-order valence-corrected chi connectivity index (χ4v) is 3.74. The molecule has 0 aromatic carbocycles. The smallest absolute Gasteiger partial charge is 0.324 e. The molecule has 2 heterocycles. The molecule has 0 spiro atoms. The number of hydrogen-bond acceptors (Lipinski definition) is 6. The second-order valence-corrected chi connectivity index (χ2v) is 7.02. The highest BCUT2D eigenvalue weighted by Crippen LogP contribution is 2.22. The van der Waals surface area contributed by atoms with Crippen molar-refractivity contribution in [2.24, 2.45) is 0 Å². The number of aryl methyl sites for hydroxylation is 2. The molecule has 1 saturated heterocycles. The van der Waals surface area contributed by atoms with Gasteiger partial charge in [0.05, 0.1) is 6.54 Å². The molecule has 10 heteroatoms. The number of nitrogens with zero attached hydrogens (tertiary/aromatic N) is 3. The number of carbonyl (C=O) groups excluding carboxylic acids is 2. The van der Waals surface area contributed by atoms with Crippen molar-refractivity contribution >= 4 is 22.0 Å². The van der Waals surface area contributed by atoms with Gasteiger partial charge in [-0.2, -0.15) is 0 Å². The third kappa shape index (κ3) is 2.97. The van der Waals surface area contributed by atoms with Crippen molar-refractivity contribution in [2.75, 3.05) is 26.7 Å². The van der Waals surface area contributed by atoms with Crippen LogP contribution in [0, 0.1) is 13.8 Å². The number of aromatic nitrogens is 1. The summed E-state index contributed by atoms with van der Waals surface area (Å²) < 4.78 is 31.0. The first-order valence-corrected chi connectivity index (χ1v) is 8.16. The van der Waals surface area contributed by atoms with E-state index in [0.29, 0.717) is 12.1 Å². The summed E-state index contributed by atoms with van der Waals surface area (Å²) in [4.78, 5) is 23.9. The van der Waals surface area contributed by atoms with Gasteiger partial charge < -0.3 is 9.84 Å². The second kappa shape index (κ2) is 6.05. The molecule has 0 unspecified atom stereocenters. The first-order valence-electron chi connectivity index (χ1n) is 6.72. The number of sulfonamides is 1. The first kappa shape index (κ1) is 16.4. The van der Waals surface area contributed by atoms with Gasteiger partial charge in [-0.3, -0.25) is 9.69 Å². The van der Waals surface area contributed by atoms with Gasteiger partial charge in [0.2, 0.25) is 15.9 Å². The van der Waals surface area contributed by atoms with Gasteiger partial charge in [0.1, 0.15) is 10.6 Å². The van der Waals surface area contributed by atoms with E-state index >= 15 is 0 Å². The van der Waals surface area contributed by atoms with Gasteiger partial charge in [0, 0.05) is 20.1 Å². The second-order valence-electron chi connectivity index (χ2n) is 5.04. The minimum atomic E-state index is -3.71. The van der Waals surface area contributed by atoms with Crippen LogP contribution in [-0.2, 0) is 14.8 Å². The zero-order valence-corrected chi connectivity index (χ0v) is 13.4. The van der Waals surface area contributed by atoms with E-state index < -0.39 is 16.1 Å². The van der Waals surface area contributed by atoms with Crippen molar-refractivity contribution in [3.8, 4) is 0 Å². The summed E-state index contributed by atoms with van der Waals surface area (Å²) in [6.45, 7) is 3.43. The molecule has 3 amide bonds. The third-order valence-electron chi connectivity index (χ3n) is 3.43.